The third kappa shape index (κ3) is 6.47. The van der Waals surface area contributed by atoms with Crippen molar-refractivity contribution in [3.63, 3.8) is 0 Å². The van der Waals surface area contributed by atoms with Crippen LogP contribution in [0.2, 0.25) is 0 Å². The summed E-state index contributed by atoms with van der Waals surface area (Å²) in [6.07, 6.45) is 7.00. The van der Waals surface area contributed by atoms with Gasteiger partial charge in [-0.1, -0.05) is 67.6 Å². The van der Waals surface area contributed by atoms with Crippen LogP contribution in [0.4, 0.5) is 0 Å². The number of hydrogen-bond donors (Lipinski definition) is 0. The number of benzene rings is 3. The quantitative estimate of drug-likeness (QED) is 0.167. The molecule has 0 fully saturated rings. The summed E-state index contributed by atoms with van der Waals surface area (Å²) in [4.78, 5) is 10.5. The molecule has 1 aliphatic rings. The summed E-state index contributed by atoms with van der Waals surface area (Å²) in [5, 5.41) is 3.51. The molecule has 0 N–H and O–H groups in total. The molecule has 0 saturated carbocycles. The number of thiophene rings is 1. The SMILES string of the molecule is Cc1ccc(-c2[c-]cccc2)nc1.[2H]C([2H])(c1cc(-c2[c-]ccc3c2oc2c3ccc3c4c(sc32)CCCC4)ncc1C)C(C)(C)C.[Ir]. The molecule has 0 spiro atoms. The van der Waals surface area contributed by atoms with Gasteiger partial charge in [-0.05, 0) is 84.8 Å². The Kier molecular flexibility index (Phi) is 8.56. The number of pyridine rings is 2. The molecule has 0 unspecified atom stereocenters. The molecule has 1 aliphatic carbocycles. The van der Waals surface area contributed by atoms with Crippen molar-refractivity contribution >= 4 is 43.4 Å². The summed E-state index contributed by atoms with van der Waals surface area (Å²) in [6, 6.07) is 28.8. The summed E-state index contributed by atoms with van der Waals surface area (Å²) in [5.74, 6) is 0. The Labute approximate surface area is 292 Å². The van der Waals surface area contributed by atoms with Crippen LogP contribution in [0.1, 0.15) is 63.5 Å². The monoisotopic (exact) mass is 801 g/mol. The van der Waals surface area contributed by atoms with Crippen LogP contribution in [0.3, 0.4) is 0 Å². The van der Waals surface area contributed by atoms with Crippen LogP contribution in [-0.4, -0.2) is 9.97 Å². The van der Waals surface area contributed by atoms with Crippen molar-refractivity contribution in [1.29, 1.82) is 0 Å². The molecule has 5 heteroatoms. The Morgan fingerprint density at radius 1 is 0.848 bits per heavy atom. The van der Waals surface area contributed by atoms with Gasteiger partial charge in [-0.3, -0.25) is 0 Å². The molecule has 0 atom stereocenters. The van der Waals surface area contributed by atoms with Crippen molar-refractivity contribution in [2.24, 2.45) is 5.41 Å². The number of nitrogens with zero attached hydrogens (tertiary/aromatic N) is 2. The molecule has 1 radical (unpaired) electrons. The molecule has 4 aromatic heterocycles. The molecular weight excluding hydrogens is 761 g/mol. The van der Waals surface area contributed by atoms with Crippen molar-refractivity contribution in [3.8, 4) is 22.5 Å². The van der Waals surface area contributed by atoms with Gasteiger partial charge in [0.2, 0.25) is 0 Å². The van der Waals surface area contributed by atoms with E-state index in [0.717, 1.165) is 50.7 Å². The van der Waals surface area contributed by atoms with Gasteiger partial charge < -0.3 is 14.4 Å². The molecule has 0 bridgehead atoms. The van der Waals surface area contributed by atoms with E-state index in [1.165, 1.54) is 45.4 Å². The maximum absolute atomic E-state index is 8.83. The molecule has 0 amide bonds. The molecule has 8 rings (SSSR count). The van der Waals surface area contributed by atoms with E-state index in [4.69, 9.17) is 7.16 Å². The van der Waals surface area contributed by atoms with Crippen LogP contribution < -0.4 is 0 Å². The minimum absolute atomic E-state index is 0. The van der Waals surface area contributed by atoms with Crippen LogP contribution >= 0.6 is 11.3 Å². The second kappa shape index (κ2) is 13.2. The molecular formula is C41H38IrN2OS-2. The fourth-order valence-electron chi connectivity index (χ4n) is 6.09. The Balaban J connectivity index is 0.000000241. The molecule has 3 aromatic carbocycles. The number of aromatic nitrogens is 2. The van der Waals surface area contributed by atoms with Gasteiger partial charge >= 0.3 is 0 Å². The fraction of sp³-hybridized carbons (Fsp3) is 0.268. The minimum atomic E-state index is -1.50. The van der Waals surface area contributed by atoms with E-state index >= 15 is 0 Å². The largest absolute Gasteiger partial charge is 0.499 e. The van der Waals surface area contributed by atoms with E-state index in [-0.39, 0.29) is 20.1 Å². The molecule has 3 nitrogen and oxygen atoms in total. The van der Waals surface area contributed by atoms with Gasteiger partial charge in [0.05, 0.1) is 10.3 Å². The predicted octanol–water partition coefficient (Wildman–Crippen LogP) is 11.3. The maximum atomic E-state index is 8.83. The third-order valence-corrected chi connectivity index (χ3v) is 9.60. The number of aryl methyl sites for hydroxylation is 4. The van der Waals surface area contributed by atoms with Crippen LogP contribution in [0.5, 0.6) is 0 Å². The van der Waals surface area contributed by atoms with Gasteiger partial charge in [0.15, 0.2) is 0 Å². The first-order valence-corrected chi connectivity index (χ1v) is 16.5. The van der Waals surface area contributed by atoms with Crippen LogP contribution in [-0.2, 0) is 39.3 Å². The second-order valence-electron chi connectivity index (χ2n) is 13.0. The van der Waals surface area contributed by atoms with Crippen LogP contribution in [0.15, 0.2) is 83.5 Å². The number of furan rings is 1. The van der Waals surface area contributed by atoms with Crippen LogP contribution in [0.25, 0.3) is 54.5 Å². The van der Waals surface area contributed by atoms with Crippen LogP contribution in [0, 0.1) is 31.4 Å². The smallest absolute Gasteiger partial charge is 0.138 e. The van der Waals surface area contributed by atoms with Crippen molar-refractivity contribution in [3.05, 3.63) is 118 Å². The van der Waals surface area contributed by atoms with Crippen molar-refractivity contribution in [2.75, 3.05) is 0 Å². The van der Waals surface area contributed by atoms with Gasteiger partial charge in [-0.25, -0.2) is 0 Å². The van der Waals surface area contributed by atoms with E-state index in [0.29, 0.717) is 11.3 Å². The number of rotatable bonds is 3. The topological polar surface area (TPSA) is 38.9 Å². The number of hydrogen-bond acceptors (Lipinski definition) is 4. The summed E-state index contributed by atoms with van der Waals surface area (Å²) in [6.45, 7) is 9.77. The Bertz CT molecular complexity index is 2230. The fourth-order valence-corrected chi connectivity index (χ4v) is 7.46. The standard InChI is InChI=1S/C29H28NOS.C12H10N.Ir/c1-17-16-30-24(14-18(17)15-29(2,3)4)23-10-7-9-20-21-12-13-22-19-8-5-6-11-25(19)32-28(22)27(21)31-26(20)23;1-10-7-8-12(13-9-10)11-5-3-2-4-6-11;/h7,9,12-14,16H,5-6,8,11,15H2,1-4H3;2-5,7-9H,1H3;/q2*-1;/i15D2;;. The van der Waals surface area contributed by atoms with Crippen molar-refractivity contribution < 1.29 is 27.3 Å². The number of fused-ring (bicyclic) bond motifs is 7. The zero-order valence-electron chi connectivity index (χ0n) is 28.9. The van der Waals surface area contributed by atoms with Gasteiger partial charge in [-0.2, -0.15) is 0 Å². The first kappa shape index (κ1) is 29.8. The van der Waals surface area contributed by atoms with Gasteiger partial charge in [0.1, 0.15) is 5.58 Å². The summed E-state index contributed by atoms with van der Waals surface area (Å²) in [7, 11) is 0. The first-order chi connectivity index (χ1) is 22.5. The second-order valence-corrected chi connectivity index (χ2v) is 14.1. The van der Waals surface area contributed by atoms with Gasteiger partial charge in [0.25, 0.3) is 0 Å². The average molecular weight is 801 g/mol. The van der Waals surface area contributed by atoms with Crippen molar-refractivity contribution in [1.82, 2.24) is 9.97 Å². The van der Waals surface area contributed by atoms with E-state index in [1.54, 1.807) is 6.20 Å². The molecule has 46 heavy (non-hydrogen) atoms. The first-order valence-electron chi connectivity index (χ1n) is 16.7. The Morgan fingerprint density at radius 3 is 2.39 bits per heavy atom. The average Bonchev–Trinajstić information content (AvgIpc) is 3.64. The van der Waals surface area contributed by atoms with E-state index in [1.807, 2.05) is 94.6 Å². The molecule has 0 saturated heterocycles. The summed E-state index contributed by atoms with van der Waals surface area (Å²) in [5.41, 5.74) is 8.89. The summed E-state index contributed by atoms with van der Waals surface area (Å²) < 4.78 is 25.5. The van der Waals surface area contributed by atoms with Gasteiger partial charge in [0, 0.05) is 45.5 Å². The van der Waals surface area contributed by atoms with E-state index in [9.17, 15) is 0 Å². The van der Waals surface area contributed by atoms with Gasteiger partial charge in [-0.15, -0.1) is 65.4 Å². The van der Waals surface area contributed by atoms with Crippen molar-refractivity contribution in [2.45, 2.75) is 66.7 Å². The zero-order chi connectivity index (χ0) is 32.9. The third-order valence-electron chi connectivity index (χ3n) is 8.29. The Hall–Kier alpha value is -3.63. The predicted molar refractivity (Wildman–Crippen MR) is 189 cm³/mol. The molecule has 235 valence electrons. The minimum Gasteiger partial charge on any atom is -0.499 e. The maximum Gasteiger partial charge on any atom is 0.138 e. The molecule has 4 heterocycles. The molecule has 7 aromatic rings. The van der Waals surface area contributed by atoms with E-state index < -0.39 is 11.8 Å². The van der Waals surface area contributed by atoms with E-state index in [2.05, 4.69) is 46.4 Å². The molecule has 0 aliphatic heterocycles. The normalized spacial score (nSPS) is 13.8. The zero-order valence-corrected chi connectivity index (χ0v) is 30.1. The Morgan fingerprint density at radius 2 is 1.63 bits per heavy atom. The summed E-state index contributed by atoms with van der Waals surface area (Å²) >= 11 is 1.89.